The standard InChI is InChI=1S/C20H30N4O4S/c1-6-12-23(13-7-2)29(26,27)20-15(3)22-24(16(20)4)14-19(25)21-17-8-10-18(28-5)11-9-17/h8-11H,6-7,12-14H2,1-5H3,(H,21,25). The van der Waals surface area contributed by atoms with Crippen LogP contribution in [0.15, 0.2) is 29.2 Å². The molecule has 0 saturated heterocycles. The third kappa shape index (κ3) is 5.36. The number of amides is 1. The molecule has 8 nitrogen and oxygen atoms in total. The van der Waals surface area contributed by atoms with Crippen molar-refractivity contribution in [3.63, 3.8) is 0 Å². The summed E-state index contributed by atoms with van der Waals surface area (Å²) in [6, 6.07) is 6.97. The zero-order chi connectivity index (χ0) is 21.6. The Kier molecular flexibility index (Phi) is 7.80. The molecule has 9 heteroatoms. The largest absolute Gasteiger partial charge is 0.497 e. The van der Waals surface area contributed by atoms with Crippen molar-refractivity contribution in [3.05, 3.63) is 35.7 Å². The first-order valence-corrected chi connectivity index (χ1v) is 11.2. The number of methoxy groups -OCH3 is 1. The van der Waals surface area contributed by atoms with Crippen LogP contribution in [0, 0.1) is 13.8 Å². The highest BCUT2D eigenvalue weighted by atomic mass is 32.2. The monoisotopic (exact) mass is 422 g/mol. The van der Waals surface area contributed by atoms with E-state index in [1.165, 1.54) is 8.99 Å². The summed E-state index contributed by atoms with van der Waals surface area (Å²) in [6.07, 6.45) is 1.46. The van der Waals surface area contributed by atoms with Crippen molar-refractivity contribution >= 4 is 21.6 Å². The lowest BCUT2D eigenvalue weighted by Gasteiger charge is -2.21. The van der Waals surface area contributed by atoms with Crippen LogP contribution in [0.25, 0.3) is 0 Å². The van der Waals surface area contributed by atoms with E-state index in [-0.39, 0.29) is 17.3 Å². The molecular formula is C20H30N4O4S. The molecule has 1 amide bonds. The molecule has 0 radical (unpaired) electrons. The molecule has 0 atom stereocenters. The minimum Gasteiger partial charge on any atom is -0.497 e. The van der Waals surface area contributed by atoms with E-state index in [9.17, 15) is 13.2 Å². The third-order valence-corrected chi connectivity index (χ3v) is 6.68. The normalized spacial score (nSPS) is 11.7. The van der Waals surface area contributed by atoms with Gasteiger partial charge in [0.15, 0.2) is 0 Å². The van der Waals surface area contributed by atoms with Gasteiger partial charge in [0, 0.05) is 18.8 Å². The first-order valence-electron chi connectivity index (χ1n) is 9.72. The Balaban J connectivity index is 2.22. The second-order valence-corrected chi connectivity index (χ2v) is 8.71. The first-order chi connectivity index (χ1) is 13.7. The van der Waals surface area contributed by atoms with Gasteiger partial charge in [-0.05, 0) is 51.0 Å². The van der Waals surface area contributed by atoms with Crippen LogP contribution >= 0.6 is 0 Å². The second-order valence-electron chi connectivity index (χ2n) is 6.84. The summed E-state index contributed by atoms with van der Waals surface area (Å²) in [5, 5.41) is 7.10. The molecule has 0 fully saturated rings. The number of hydrogen-bond donors (Lipinski definition) is 1. The molecule has 1 aromatic heterocycles. The molecule has 0 unspecified atom stereocenters. The van der Waals surface area contributed by atoms with Gasteiger partial charge in [-0.2, -0.15) is 9.40 Å². The number of nitrogens with zero attached hydrogens (tertiary/aromatic N) is 3. The number of aromatic nitrogens is 2. The van der Waals surface area contributed by atoms with Crippen molar-refractivity contribution in [2.45, 2.75) is 52.0 Å². The maximum Gasteiger partial charge on any atom is 0.246 e. The van der Waals surface area contributed by atoms with E-state index in [0.717, 1.165) is 12.8 Å². The number of benzene rings is 1. The van der Waals surface area contributed by atoms with Gasteiger partial charge in [0.05, 0.1) is 18.5 Å². The first kappa shape index (κ1) is 22.9. The molecule has 0 aliphatic rings. The fourth-order valence-corrected chi connectivity index (χ4v) is 5.20. The predicted molar refractivity (Wildman–Crippen MR) is 113 cm³/mol. The van der Waals surface area contributed by atoms with E-state index in [0.29, 0.717) is 35.9 Å². The Labute approximate surface area is 172 Å². The zero-order valence-electron chi connectivity index (χ0n) is 17.7. The van der Waals surface area contributed by atoms with Crippen molar-refractivity contribution in [2.24, 2.45) is 0 Å². The lowest BCUT2D eigenvalue weighted by molar-refractivity contribution is -0.116. The number of hydrogen-bond acceptors (Lipinski definition) is 5. The quantitative estimate of drug-likeness (QED) is 0.635. The van der Waals surface area contributed by atoms with Gasteiger partial charge in [-0.3, -0.25) is 9.48 Å². The summed E-state index contributed by atoms with van der Waals surface area (Å²) in [5.41, 5.74) is 1.49. The summed E-state index contributed by atoms with van der Waals surface area (Å²) in [4.78, 5) is 12.6. The van der Waals surface area contributed by atoms with Crippen LogP contribution in [0.2, 0.25) is 0 Å². The Morgan fingerprint density at radius 2 is 1.72 bits per heavy atom. The van der Waals surface area contributed by atoms with Gasteiger partial charge >= 0.3 is 0 Å². The molecule has 160 valence electrons. The van der Waals surface area contributed by atoms with E-state index >= 15 is 0 Å². The van der Waals surface area contributed by atoms with Crippen LogP contribution in [0.1, 0.15) is 38.1 Å². The van der Waals surface area contributed by atoms with Crippen LogP contribution in [0.4, 0.5) is 5.69 Å². The highest BCUT2D eigenvalue weighted by molar-refractivity contribution is 7.89. The van der Waals surface area contributed by atoms with E-state index in [1.54, 1.807) is 45.2 Å². The molecule has 0 saturated carbocycles. The van der Waals surface area contributed by atoms with E-state index in [2.05, 4.69) is 10.4 Å². The van der Waals surface area contributed by atoms with Crippen LogP contribution in [0.5, 0.6) is 5.75 Å². The van der Waals surface area contributed by atoms with Gasteiger partial charge in [-0.1, -0.05) is 13.8 Å². The fraction of sp³-hybridized carbons (Fsp3) is 0.500. The highest BCUT2D eigenvalue weighted by Crippen LogP contribution is 2.24. The minimum atomic E-state index is -3.66. The van der Waals surface area contributed by atoms with Crippen molar-refractivity contribution < 1.29 is 17.9 Å². The maximum absolute atomic E-state index is 13.2. The lowest BCUT2D eigenvalue weighted by Crippen LogP contribution is -2.33. The van der Waals surface area contributed by atoms with E-state index in [4.69, 9.17) is 4.74 Å². The van der Waals surface area contributed by atoms with Crippen LogP contribution in [-0.2, 0) is 21.4 Å². The number of carbonyl (C=O) groups excluding carboxylic acids is 1. The summed E-state index contributed by atoms with van der Waals surface area (Å²) in [7, 11) is -2.09. The van der Waals surface area contributed by atoms with E-state index < -0.39 is 10.0 Å². The van der Waals surface area contributed by atoms with Crippen LogP contribution in [-0.4, -0.2) is 48.6 Å². The van der Waals surface area contributed by atoms with Crippen molar-refractivity contribution in [1.29, 1.82) is 0 Å². The molecule has 0 aliphatic carbocycles. The van der Waals surface area contributed by atoms with Crippen molar-refractivity contribution in [2.75, 3.05) is 25.5 Å². The lowest BCUT2D eigenvalue weighted by atomic mass is 10.3. The maximum atomic E-state index is 13.2. The van der Waals surface area contributed by atoms with E-state index in [1.807, 2.05) is 13.8 Å². The average molecular weight is 423 g/mol. The Morgan fingerprint density at radius 1 is 1.14 bits per heavy atom. The number of ether oxygens (including phenoxy) is 1. The number of rotatable bonds is 10. The SMILES string of the molecule is CCCN(CCC)S(=O)(=O)c1c(C)nn(CC(=O)Nc2ccc(OC)cc2)c1C. The Bertz CT molecular complexity index is 930. The number of carbonyl (C=O) groups is 1. The molecule has 1 heterocycles. The van der Waals surface area contributed by atoms with Gasteiger partial charge in [-0.15, -0.1) is 0 Å². The van der Waals surface area contributed by atoms with Gasteiger partial charge in [-0.25, -0.2) is 8.42 Å². The smallest absolute Gasteiger partial charge is 0.246 e. The molecular weight excluding hydrogens is 392 g/mol. The summed E-state index contributed by atoms with van der Waals surface area (Å²) < 4.78 is 34.4. The third-order valence-electron chi connectivity index (χ3n) is 4.53. The molecule has 2 aromatic rings. The van der Waals surface area contributed by atoms with Crippen LogP contribution < -0.4 is 10.1 Å². The number of nitrogens with one attached hydrogen (secondary N) is 1. The Morgan fingerprint density at radius 3 is 2.24 bits per heavy atom. The van der Waals surface area contributed by atoms with Crippen molar-refractivity contribution in [1.82, 2.24) is 14.1 Å². The molecule has 29 heavy (non-hydrogen) atoms. The highest BCUT2D eigenvalue weighted by Gasteiger charge is 2.30. The number of sulfonamides is 1. The molecule has 0 spiro atoms. The van der Waals surface area contributed by atoms with Gasteiger partial charge < -0.3 is 10.1 Å². The number of anilines is 1. The summed E-state index contributed by atoms with van der Waals surface area (Å²) in [5.74, 6) is 0.406. The van der Waals surface area contributed by atoms with Gasteiger partial charge in [0.1, 0.15) is 17.2 Å². The second kappa shape index (κ2) is 9.89. The zero-order valence-corrected chi connectivity index (χ0v) is 18.5. The topological polar surface area (TPSA) is 93.5 Å². The molecule has 0 aliphatic heterocycles. The molecule has 0 bridgehead atoms. The fourth-order valence-electron chi connectivity index (χ4n) is 3.20. The number of aryl methyl sites for hydroxylation is 1. The summed E-state index contributed by atoms with van der Waals surface area (Å²) >= 11 is 0. The Hall–Kier alpha value is -2.39. The molecule has 1 N–H and O–H groups in total. The van der Waals surface area contributed by atoms with Crippen molar-refractivity contribution in [3.8, 4) is 5.75 Å². The van der Waals surface area contributed by atoms with Gasteiger partial charge in [0.25, 0.3) is 0 Å². The molecule has 2 rings (SSSR count). The van der Waals surface area contributed by atoms with Crippen LogP contribution in [0.3, 0.4) is 0 Å². The predicted octanol–water partition coefficient (Wildman–Crippen LogP) is 2.96. The summed E-state index contributed by atoms with van der Waals surface area (Å²) in [6.45, 7) is 8.08. The van der Waals surface area contributed by atoms with Gasteiger partial charge in [0.2, 0.25) is 15.9 Å². The average Bonchev–Trinajstić information content (AvgIpc) is 2.95. The molecule has 1 aromatic carbocycles. The minimum absolute atomic E-state index is 0.0736.